The summed E-state index contributed by atoms with van der Waals surface area (Å²) in [5.41, 5.74) is 2.37. The van der Waals surface area contributed by atoms with E-state index in [-0.39, 0.29) is 16.3 Å². The zero-order valence-electron chi connectivity index (χ0n) is 10.9. The number of benzene rings is 1. The largest absolute Gasteiger partial charge is 0.328 e. The number of hydrogen-bond acceptors (Lipinski definition) is 3. The summed E-state index contributed by atoms with van der Waals surface area (Å²) in [6, 6.07) is 5.52. The van der Waals surface area contributed by atoms with Crippen molar-refractivity contribution in [1.29, 1.82) is 0 Å². The van der Waals surface area contributed by atoms with Crippen molar-refractivity contribution in [3.05, 3.63) is 34.2 Å². The van der Waals surface area contributed by atoms with E-state index >= 15 is 0 Å². The van der Waals surface area contributed by atoms with E-state index in [1.165, 1.54) is 6.26 Å². The van der Waals surface area contributed by atoms with Gasteiger partial charge in [-0.05, 0) is 17.7 Å². The van der Waals surface area contributed by atoms with Crippen molar-refractivity contribution in [2.45, 2.75) is 4.83 Å². The molecule has 2 aromatic rings. The topological polar surface area (TPSA) is 61.1 Å². The quantitative estimate of drug-likeness (QED) is 0.788. The smallest absolute Gasteiger partial charge is 0.295 e. The third-order valence-electron chi connectivity index (χ3n) is 3.11. The molecule has 2 rings (SSSR count). The van der Waals surface area contributed by atoms with Crippen molar-refractivity contribution in [3.8, 4) is 0 Å². The van der Waals surface area contributed by atoms with Gasteiger partial charge in [0.2, 0.25) is 0 Å². The van der Waals surface area contributed by atoms with E-state index in [9.17, 15) is 13.2 Å². The second-order valence-corrected chi connectivity index (χ2v) is 8.00. The molecule has 0 radical (unpaired) electrons. The average Bonchev–Trinajstić information content (AvgIpc) is 2.52. The zero-order chi connectivity index (χ0) is 14.4. The van der Waals surface area contributed by atoms with E-state index in [4.69, 9.17) is 0 Å². The molecule has 1 aromatic heterocycles. The molecule has 0 saturated carbocycles. The number of aromatic nitrogens is 2. The molecule has 0 saturated heterocycles. The Labute approximate surface area is 119 Å². The highest BCUT2D eigenvalue weighted by Crippen LogP contribution is 2.27. The van der Waals surface area contributed by atoms with Crippen LogP contribution in [0.5, 0.6) is 0 Å². The Morgan fingerprint density at radius 3 is 2.37 bits per heavy atom. The first kappa shape index (κ1) is 14.3. The van der Waals surface area contributed by atoms with Gasteiger partial charge in [0.05, 0.1) is 21.6 Å². The van der Waals surface area contributed by atoms with Crippen molar-refractivity contribution in [2.24, 2.45) is 14.1 Å². The van der Waals surface area contributed by atoms with Crippen molar-refractivity contribution in [2.75, 3.05) is 12.0 Å². The van der Waals surface area contributed by atoms with Gasteiger partial charge in [-0.3, -0.25) is 9.13 Å². The summed E-state index contributed by atoms with van der Waals surface area (Å²) < 4.78 is 25.8. The predicted molar refractivity (Wildman–Crippen MR) is 79.5 cm³/mol. The summed E-state index contributed by atoms with van der Waals surface area (Å²) in [6.45, 7) is 0. The monoisotopic (exact) mass is 346 g/mol. The molecule has 1 unspecified atom stereocenters. The lowest BCUT2D eigenvalue weighted by Gasteiger charge is -2.09. The fraction of sp³-hybridized carbons (Fsp3) is 0.417. The molecular weight excluding hydrogens is 332 g/mol. The minimum Gasteiger partial charge on any atom is -0.295 e. The van der Waals surface area contributed by atoms with Gasteiger partial charge in [-0.15, -0.1) is 0 Å². The van der Waals surface area contributed by atoms with Crippen LogP contribution in [0.25, 0.3) is 11.0 Å². The van der Waals surface area contributed by atoms with Crippen LogP contribution in [0.3, 0.4) is 0 Å². The number of fused-ring (bicyclic) bond motifs is 1. The van der Waals surface area contributed by atoms with Gasteiger partial charge in [0.1, 0.15) is 9.84 Å². The van der Waals surface area contributed by atoms with Gasteiger partial charge < -0.3 is 0 Å². The van der Waals surface area contributed by atoms with Crippen molar-refractivity contribution < 1.29 is 8.42 Å². The fourth-order valence-electron chi connectivity index (χ4n) is 2.08. The van der Waals surface area contributed by atoms with Crippen LogP contribution < -0.4 is 5.69 Å². The molecule has 7 heteroatoms. The van der Waals surface area contributed by atoms with Gasteiger partial charge in [-0.1, -0.05) is 22.0 Å². The molecule has 0 N–H and O–H groups in total. The minimum atomic E-state index is -3.06. The first-order valence-electron chi connectivity index (χ1n) is 5.68. The molecule has 0 bridgehead atoms. The Morgan fingerprint density at radius 1 is 1.21 bits per heavy atom. The first-order valence-corrected chi connectivity index (χ1v) is 8.65. The third kappa shape index (κ3) is 2.76. The lowest BCUT2D eigenvalue weighted by Crippen LogP contribution is -2.19. The fourth-order valence-corrected chi connectivity index (χ4v) is 4.53. The van der Waals surface area contributed by atoms with Crippen LogP contribution in [0, 0.1) is 0 Å². The molecule has 0 fully saturated rings. The van der Waals surface area contributed by atoms with Crippen molar-refractivity contribution in [1.82, 2.24) is 9.13 Å². The Balaban J connectivity index is 2.53. The molecule has 1 heterocycles. The Kier molecular flexibility index (Phi) is 3.61. The van der Waals surface area contributed by atoms with Crippen molar-refractivity contribution >= 4 is 36.8 Å². The molecule has 5 nitrogen and oxygen atoms in total. The van der Waals surface area contributed by atoms with Gasteiger partial charge in [-0.2, -0.15) is 0 Å². The van der Waals surface area contributed by atoms with Gasteiger partial charge in [0, 0.05) is 20.4 Å². The van der Waals surface area contributed by atoms with Gasteiger partial charge >= 0.3 is 5.69 Å². The highest BCUT2D eigenvalue weighted by molar-refractivity contribution is 9.09. The second-order valence-electron chi connectivity index (χ2n) is 4.71. The SMILES string of the molecule is Cn1c(=O)n(C)c2cc(C(Br)CS(C)(=O)=O)ccc21. The molecule has 0 aliphatic carbocycles. The van der Waals surface area contributed by atoms with Crippen molar-refractivity contribution in [3.63, 3.8) is 0 Å². The summed E-state index contributed by atoms with van der Waals surface area (Å²) in [5, 5.41) is 0. The van der Waals surface area contributed by atoms with Crippen LogP contribution in [0.4, 0.5) is 0 Å². The maximum Gasteiger partial charge on any atom is 0.328 e. The standard InChI is InChI=1S/C12H15BrN2O3S/c1-14-10-5-4-8(9(13)7-19(3,17)18)6-11(10)15(2)12(14)16/h4-6,9H,7H2,1-3H3. The maximum absolute atomic E-state index is 11.8. The van der Waals surface area contributed by atoms with E-state index in [1.807, 2.05) is 18.2 Å². The molecule has 0 spiro atoms. The average molecular weight is 347 g/mol. The van der Waals surface area contributed by atoms with E-state index in [1.54, 1.807) is 23.2 Å². The number of imidazole rings is 1. The molecule has 0 aliphatic rings. The molecule has 1 aromatic carbocycles. The van der Waals surface area contributed by atoms with E-state index in [0.29, 0.717) is 0 Å². The third-order valence-corrected chi connectivity index (χ3v) is 5.33. The molecule has 0 amide bonds. The first-order chi connectivity index (χ1) is 8.70. The van der Waals surface area contributed by atoms with Gasteiger partial charge in [0.15, 0.2) is 0 Å². The number of rotatable bonds is 3. The van der Waals surface area contributed by atoms with E-state index < -0.39 is 9.84 Å². The normalized spacial score (nSPS) is 13.9. The zero-order valence-corrected chi connectivity index (χ0v) is 13.3. The van der Waals surface area contributed by atoms with E-state index in [0.717, 1.165) is 16.6 Å². The lowest BCUT2D eigenvalue weighted by molar-refractivity contribution is 0.601. The molecule has 0 aliphatic heterocycles. The number of hydrogen-bond donors (Lipinski definition) is 0. The lowest BCUT2D eigenvalue weighted by atomic mass is 10.1. The number of halogens is 1. The molecule has 19 heavy (non-hydrogen) atoms. The Bertz CT molecular complexity index is 789. The number of nitrogens with zero attached hydrogens (tertiary/aromatic N) is 2. The highest BCUT2D eigenvalue weighted by atomic mass is 79.9. The summed E-state index contributed by atoms with van der Waals surface area (Å²) in [6.07, 6.45) is 1.21. The summed E-state index contributed by atoms with van der Waals surface area (Å²) in [4.78, 5) is 11.5. The van der Waals surface area contributed by atoms with Crippen LogP contribution in [-0.4, -0.2) is 29.6 Å². The van der Waals surface area contributed by atoms with Crippen LogP contribution in [-0.2, 0) is 23.9 Å². The van der Waals surface area contributed by atoms with Crippen LogP contribution in [0.15, 0.2) is 23.0 Å². The highest BCUT2D eigenvalue weighted by Gasteiger charge is 2.16. The minimum absolute atomic E-state index is 0.0271. The predicted octanol–water partition coefficient (Wildman–Crippen LogP) is 1.36. The van der Waals surface area contributed by atoms with Gasteiger partial charge in [0.25, 0.3) is 0 Å². The summed E-state index contributed by atoms with van der Waals surface area (Å²) in [5.74, 6) is 0.0271. The molecule has 104 valence electrons. The number of sulfone groups is 1. The van der Waals surface area contributed by atoms with Crippen LogP contribution in [0.2, 0.25) is 0 Å². The van der Waals surface area contributed by atoms with Crippen LogP contribution >= 0.6 is 15.9 Å². The number of aryl methyl sites for hydroxylation is 2. The summed E-state index contributed by atoms with van der Waals surface area (Å²) >= 11 is 3.38. The molecule has 1 atom stereocenters. The van der Waals surface area contributed by atoms with E-state index in [2.05, 4.69) is 15.9 Å². The van der Waals surface area contributed by atoms with Crippen LogP contribution in [0.1, 0.15) is 10.4 Å². The molecular formula is C12H15BrN2O3S. The Hall–Kier alpha value is -1.08. The second kappa shape index (κ2) is 4.79. The maximum atomic E-state index is 11.8. The summed E-state index contributed by atoms with van der Waals surface area (Å²) in [7, 11) is 0.359. The Morgan fingerprint density at radius 2 is 1.79 bits per heavy atom. The van der Waals surface area contributed by atoms with Gasteiger partial charge in [-0.25, -0.2) is 13.2 Å². The number of alkyl halides is 1.